The molecule has 1 aliphatic rings. The lowest BCUT2D eigenvalue weighted by molar-refractivity contribution is 0.259. The number of ether oxygens (including phenoxy) is 2. The molecule has 0 radical (unpaired) electrons. The number of nitrogens with two attached hydrogens (primary N) is 1. The van der Waals surface area contributed by atoms with Crippen LogP contribution in [0.2, 0.25) is 0 Å². The van der Waals surface area contributed by atoms with Crippen molar-refractivity contribution in [3.8, 4) is 11.5 Å². The van der Waals surface area contributed by atoms with E-state index >= 15 is 0 Å². The van der Waals surface area contributed by atoms with Crippen molar-refractivity contribution in [2.24, 2.45) is 5.73 Å². The molecule has 0 heterocycles. The summed E-state index contributed by atoms with van der Waals surface area (Å²) in [4.78, 5) is 0. The van der Waals surface area contributed by atoms with Gasteiger partial charge >= 0.3 is 0 Å². The van der Waals surface area contributed by atoms with Crippen molar-refractivity contribution in [2.75, 3.05) is 19.8 Å². The minimum absolute atomic E-state index is 0.312. The first-order chi connectivity index (χ1) is 13.8. The minimum Gasteiger partial charge on any atom is -0.490 e. The van der Waals surface area contributed by atoms with Crippen LogP contribution in [0, 0.1) is 0 Å². The Balaban J connectivity index is 1.98. The maximum absolute atomic E-state index is 6.29. The summed E-state index contributed by atoms with van der Waals surface area (Å²) in [6.07, 6.45) is 7.56. The SMILES string of the molecule is CCCCOc1ccc2c(c1OCCCC)CC(c1ccccc1)C=C2CN. The zero-order valence-corrected chi connectivity index (χ0v) is 17.2. The summed E-state index contributed by atoms with van der Waals surface area (Å²) in [6.45, 7) is 6.33. The molecule has 2 aromatic rings. The molecule has 1 unspecified atom stereocenters. The third kappa shape index (κ3) is 4.77. The summed E-state index contributed by atoms with van der Waals surface area (Å²) >= 11 is 0. The lowest BCUT2D eigenvalue weighted by Gasteiger charge is -2.27. The van der Waals surface area contributed by atoms with E-state index < -0.39 is 0 Å². The standard InChI is InChI=1S/C25H33NO2/c1-3-5-14-27-24-13-12-22-21(18-26)16-20(19-10-8-7-9-11-19)17-23(22)25(24)28-15-6-4-2/h7-13,16,20H,3-6,14-15,17-18,26H2,1-2H3. The van der Waals surface area contributed by atoms with Crippen molar-refractivity contribution in [3.63, 3.8) is 0 Å². The molecule has 28 heavy (non-hydrogen) atoms. The van der Waals surface area contributed by atoms with Crippen LogP contribution in [0.3, 0.4) is 0 Å². The first-order valence-corrected chi connectivity index (χ1v) is 10.7. The van der Waals surface area contributed by atoms with Crippen molar-refractivity contribution >= 4 is 5.57 Å². The van der Waals surface area contributed by atoms with Crippen molar-refractivity contribution in [2.45, 2.75) is 51.9 Å². The Labute approximate surface area is 169 Å². The van der Waals surface area contributed by atoms with Gasteiger partial charge in [-0.25, -0.2) is 0 Å². The van der Waals surface area contributed by atoms with E-state index in [1.54, 1.807) is 0 Å². The molecule has 1 atom stereocenters. The van der Waals surface area contributed by atoms with Gasteiger partial charge in [0.1, 0.15) is 0 Å². The minimum atomic E-state index is 0.312. The number of hydrogen-bond donors (Lipinski definition) is 1. The van der Waals surface area contributed by atoms with E-state index in [0.29, 0.717) is 12.5 Å². The predicted molar refractivity (Wildman–Crippen MR) is 117 cm³/mol. The molecular weight excluding hydrogens is 346 g/mol. The smallest absolute Gasteiger partial charge is 0.164 e. The normalized spacial score (nSPS) is 15.7. The maximum Gasteiger partial charge on any atom is 0.164 e. The zero-order valence-electron chi connectivity index (χ0n) is 17.2. The van der Waals surface area contributed by atoms with E-state index in [9.17, 15) is 0 Å². The predicted octanol–water partition coefficient (Wildman–Crippen LogP) is 5.73. The van der Waals surface area contributed by atoms with Crippen LogP contribution in [0.1, 0.15) is 62.1 Å². The fourth-order valence-corrected chi connectivity index (χ4v) is 3.73. The Kier molecular flexibility index (Phi) is 7.55. The lowest BCUT2D eigenvalue weighted by Crippen LogP contribution is -2.16. The van der Waals surface area contributed by atoms with Gasteiger partial charge in [0.2, 0.25) is 0 Å². The summed E-state index contributed by atoms with van der Waals surface area (Å²) in [5.74, 6) is 2.10. The topological polar surface area (TPSA) is 44.5 Å². The maximum atomic E-state index is 6.29. The Bertz CT molecular complexity index is 783. The van der Waals surface area contributed by atoms with Crippen LogP contribution in [0.25, 0.3) is 5.57 Å². The Hall–Kier alpha value is -2.26. The van der Waals surface area contributed by atoms with Crippen LogP contribution in [0.4, 0.5) is 0 Å². The van der Waals surface area contributed by atoms with Crippen LogP contribution in [-0.4, -0.2) is 19.8 Å². The van der Waals surface area contributed by atoms with Gasteiger partial charge < -0.3 is 15.2 Å². The van der Waals surface area contributed by atoms with E-state index in [1.807, 2.05) is 0 Å². The average molecular weight is 380 g/mol. The molecule has 3 heteroatoms. The molecule has 150 valence electrons. The third-order valence-electron chi connectivity index (χ3n) is 5.34. The van der Waals surface area contributed by atoms with E-state index in [2.05, 4.69) is 62.4 Å². The fourth-order valence-electron chi connectivity index (χ4n) is 3.73. The van der Waals surface area contributed by atoms with E-state index in [0.717, 1.165) is 56.8 Å². The summed E-state index contributed by atoms with van der Waals surface area (Å²) in [5, 5.41) is 0. The second kappa shape index (κ2) is 10.3. The summed E-state index contributed by atoms with van der Waals surface area (Å²) in [5.41, 5.74) is 11.1. The average Bonchev–Trinajstić information content (AvgIpc) is 2.74. The molecule has 0 spiro atoms. The highest BCUT2D eigenvalue weighted by Gasteiger charge is 2.25. The second-order valence-corrected chi connectivity index (χ2v) is 7.44. The van der Waals surface area contributed by atoms with E-state index in [4.69, 9.17) is 15.2 Å². The molecular formula is C25H33NO2. The van der Waals surface area contributed by atoms with Crippen molar-refractivity contribution in [1.82, 2.24) is 0 Å². The number of fused-ring (bicyclic) bond motifs is 1. The number of allylic oxidation sites excluding steroid dienone is 1. The van der Waals surface area contributed by atoms with Gasteiger partial charge in [-0.2, -0.15) is 0 Å². The molecule has 2 N–H and O–H groups in total. The van der Waals surface area contributed by atoms with Crippen molar-refractivity contribution in [1.29, 1.82) is 0 Å². The Morgan fingerprint density at radius 1 is 0.929 bits per heavy atom. The van der Waals surface area contributed by atoms with Gasteiger partial charge in [0.05, 0.1) is 13.2 Å². The van der Waals surface area contributed by atoms with Gasteiger partial charge in [0.15, 0.2) is 11.5 Å². The van der Waals surface area contributed by atoms with Gasteiger partial charge in [0.25, 0.3) is 0 Å². The monoisotopic (exact) mass is 379 g/mol. The highest BCUT2D eigenvalue weighted by Crippen LogP contribution is 2.43. The van der Waals surface area contributed by atoms with Gasteiger partial charge in [0, 0.05) is 18.0 Å². The number of hydrogen-bond acceptors (Lipinski definition) is 3. The molecule has 0 amide bonds. The summed E-state index contributed by atoms with van der Waals surface area (Å²) in [7, 11) is 0. The molecule has 0 saturated heterocycles. The Morgan fingerprint density at radius 2 is 1.64 bits per heavy atom. The third-order valence-corrected chi connectivity index (χ3v) is 5.34. The van der Waals surface area contributed by atoms with Gasteiger partial charge in [-0.3, -0.25) is 0 Å². The van der Waals surface area contributed by atoms with Gasteiger partial charge in [-0.15, -0.1) is 0 Å². The number of unbranched alkanes of at least 4 members (excludes halogenated alkanes) is 2. The molecule has 1 aliphatic carbocycles. The van der Waals surface area contributed by atoms with Crippen molar-refractivity contribution < 1.29 is 9.47 Å². The fraction of sp³-hybridized carbons (Fsp3) is 0.440. The van der Waals surface area contributed by atoms with Gasteiger partial charge in [-0.1, -0.05) is 69.2 Å². The Morgan fingerprint density at radius 3 is 2.32 bits per heavy atom. The number of benzene rings is 2. The lowest BCUT2D eigenvalue weighted by atomic mass is 9.80. The number of rotatable bonds is 10. The molecule has 3 nitrogen and oxygen atoms in total. The molecule has 0 aliphatic heterocycles. The zero-order chi connectivity index (χ0) is 19.8. The summed E-state index contributed by atoms with van der Waals surface area (Å²) in [6, 6.07) is 14.9. The molecule has 0 saturated carbocycles. The second-order valence-electron chi connectivity index (χ2n) is 7.44. The molecule has 2 aromatic carbocycles. The first kappa shape index (κ1) is 20.5. The quantitative estimate of drug-likeness (QED) is 0.536. The van der Waals surface area contributed by atoms with Crippen LogP contribution in [-0.2, 0) is 6.42 Å². The highest BCUT2D eigenvalue weighted by molar-refractivity contribution is 5.76. The van der Waals surface area contributed by atoms with Crippen LogP contribution < -0.4 is 15.2 Å². The van der Waals surface area contributed by atoms with Crippen LogP contribution in [0.15, 0.2) is 48.5 Å². The van der Waals surface area contributed by atoms with E-state index in [-0.39, 0.29) is 0 Å². The van der Waals surface area contributed by atoms with E-state index in [1.165, 1.54) is 22.3 Å². The van der Waals surface area contributed by atoms with Crippen LogP contribution in [0.5, 0.6) is 11.5 Å². The molecule has 0 bridgehead atoms. The molecule has 3 rings (SSSR count). The van der Waals surface area contributed by atoms with Crippen LogP contribution >= 0.6 is 0 Å². The first-order valence-electron chi connectivity index (χ1n) is 10.7. The summed E-state index contributed by atoms with van der Waals surface area (Å²) < 4.78 is 12.4. The highest BCUT2D eigenvalue weighted by atomic mass is 16.5. The molecule has 0 fully saturated rings. The van der Waals surface area contributed by atoms with Crippen molar-refractivity contribution in [3.05, 3.63) is 65.2 Å². The largest absolute Gasteiger partial charge is 0.490 e. The molecule has 0 aromatic heterocycles. The van der Waals surface area contributed by atoms with Gasteiger partial charge in [-0.05, 0) is 42.0 Å².